The number of quaternary nitrogens is 1. The van der Waals surface area contributed by atoms with E-state index in [9.17, 15) is 10.0 Å². The van der Waals surface area contributed by atoms with Crippen molar-refractivity contribution in [2.24, 2.45) is 0 Å². The van der Waals surface area contributed by atoms with Gasteiger partial charge in [0.15, 0.2) is 5.69 Å². The van der Waals surface area contributed by atoms with Gasteiger partial charge in [-0.1, -0.05) is 25.5 Å². The van der Waals surface area contributed by atoms with Gasteiger partial charge in [-0.05, 0) is 42.1 Å². The van der Waals surface area contributed by atoms with Crippen molar-refractivity contribution < 1.29 is 10.4 Å². The summed E-state index contributed by atoms with van der Waals surface area (Å²) in [5.74, 6) is 0. The van der Waals surface area contributed by atoms with Gasteiger partial charge in [0.1, 0.15) is 4.83 Å². The van der Waals surface area contributed by atoms with Gasteiger partial charge < -0.3 is 5.21 Å². The second kappa shape index (κ2) is 6.59. The second-order valence-electron chi connectivity index (χ2n) is 5.34. The highest BCUT2D eigenvalue weighted by molar-refractivity contribution is 7.13. The molecule has 1 aromatic carbocycles. The zero-order valence-electron chi connectivity index (χ0n) is 12.7. The van der Waals surface area contributed by atoms with Crippen LogP contribution in [-0.4, -0.2) is 14.1 Å². The van der Waals surface area contributed by atoms with E-state index in [0.29, 0.717) is 10.2 Å². The molecule has 0 radical (unpaired) electrons. The highest BCUT2D eigenvalue weighted by Gasteiger charge is 2.13. The number of nitrogens with zero attached hydrogens (tertiary/aromatic N) is 2. The molecule has 0 bridgehead atoms. The summed E-state index contributed by atoms with van der Waals surface area (Å²) in [5, 5.41) is 19.3. The van der Waals surface area contributed by atoms with Crippen LogP contribution in [0.3, 0.4) is 0 Å². The third-order valence-electron chi connectivity index (χ3n) is 3.68. The first-order chi connectivity index (χ1) is 11.1. The van der Waals surface area contributed by atoms with Crippen LogP contribution < -0.4 is 10.8 Å². The molecule has 0 saturated heterocycles. The van der Waals surface area contributed by atoms with Crippen molar-refractivity contribution in [3.05, 3.63) is 57.7 Å². The van der Waals surface area contributed by atoms with Crippen molar-refractivity contribution >= 4 is 27.4 Å². The lowest BCUT2D eigenvalue weighted by Crippen LogP contribution is -2.99. The van der Waals surface area contributed by atoms with Crippen molar-refractivity contribution in [3.8, 4) is 5.69 Å². The zero-order chi connectivity index (χ0) is 16.4. The average Bonchev–Trinajstić information content (AvgIpc) is 2.90. The Bertz CT molecular complexity index is 868. The predicted molar refractivity (Wildman–Crippen MR) is 89.6 cm³/mol. The first kappa shape index (κ1) is 15.8. The van der Waals surface area contributed by atoms with Gasteiger partial charge >= 0.3 is 0 Å². The Morgan fingerprint density at radius 3 is 2.74 bits per heavy atom. The van der Waals surface area contributed by atoms with E-state index in [2.05, 4.69) is 11.9 Å². The minimum Gasteiger partial charge on any atom is -0.595 e. The summed E-state index contributed by atoms with van der Waals surface area (Å²) in [6, 6.07) is 9.27. The maximum Gasteiger partial charge on any atom is 0.275 e. The van der Waals surface area contributed by atoms with Crippen LogP contribution in [0, 0.1) is 5.21 Å². The van der Waals surface area contributed by atoms with Crippen molar-refractivity contribution in [2.45, 2.75) is 26.2 Å². The predicted octanol–water partition coefficient (Wildman–Crippen LogP) is 2.19. The number of fused-ring (bicyclic) bond motifs is 1. The fraction of sp³-hybridized carbons (Fsp3) is 0.250. The summed E-state index contributed by atoms with van der Waals surface area (Å²) in [4.78, 5) is 17.1. The van der Waals surface area contributed by atoms with E-state index in [1.807, 2.05) is 24.3 Å². The van der Waals surface area contributed by atoms with Gasteiger partial charge in [-0.15, -0.1) is 0 Å². The van der Waals surface area contributed by atoms with Gasteiger partial charge in [-0.3, -0.25) is 4.79 Å². The molecule has 0 aliphatic carbocycles. The van der Waals surface area contributed by atoms with Crippen LogP contribution in [0.2, 0.25) is 0 Å². The summed E-state index contributed by atoms with van der Waals surface area (Å²) < 4.78 is 1.55. The molecule has 23 heavy (non-hydrogen) atoms. The van der Waals surface area contributed by atoms with Crippen LogP contribution in [0.4, 0.5) is 5.69 Å². The lowest BCUT2D eigenvalue weighted by Gasteiger charge is -2.09. The van der Waals surface area contributed by atoms with Crippen LogP contribution >= 0.6 is 11.5 Å². The van der Waals surface area contributed by atoms with E-state index >= 15 is 0 Å². The summed E-state index contributed by atoms with van der Waals surface area (Å²) in [6.45, 7) is 2.16. The number of aromatic nitrogens is 2. The number of aryl methyl sites for hydroxylation is 1. The van der Waals surface area contributed by atoms with Gasteiger partial charge in [-0.2, -0.15) is 5.23 Å². The topological polar surface area (TPSA) is 82.6 Å². The molecule has 0 spiro atoms. The number of benzene rings is 1. The molecule has 0 saturated carbocycles. The van der Waals surface area contributed by atoms with E-state index in [-0.39, 0.29) is 11.2 Å². The van der Waals surface area contributed by atoms with Crippen molar-refractivity contribution in [2.75, 3.05) is 0 Å². The number of unbranched alkanes of at least 4 members (excludes halogenated alkanes) is 1. The lowest BCUT2D eigenvalue weighted by atomic mass is 10.1. The molecule has 0 aliphatic rings. The van der Waals surface area contributed by atoms with Gasteiger partial charge in [0.25, 0.3) is 5.56 Å². The molecular weight excluding hydrogens is 314 g/mol. The molecule has 1 unspecified atom stereocenters. The van der Waals surface area contributed by atoms with Gasteiger partial charge in [0, 0.05) is 6.07 Å². The fourth-order valence-corrected chi connectivity index (χ4v) is 3.31. The fourth-order valence-electron chi connectivity index (χ4n) is 2.38. The third-order valence-corrected chi connectivity index (χ3v) is 4.74. The number of hydrogen-bond acceptors (Lipinski definition) is 5. The van der Waals surface area contributed by atoms with Crippen LogP contribution in [0.15, 0.2) is 41.3 Å². The molecule has 3 aromatic rings. The van der Waals surface area contributed by atoms with Crippen LogP contribution in [0.5, 0.6) is 0 Å². The molecule has 2 N–H and O–H groups in total. The zero-order valence-corrected chi connectivity index (χ0v) is 13.5. The number of pyridine rings is 1. The monoisotopic (exact) mass is 331 g/mol. The molecule has 6 nitrogen and oxygen atoms in total. The largest absolute Gasteiger partial charge is 0.595 e. The van der Waals surface area contributed by atoms with Gasteiger partial charge in [0.05, 0.1) is 17.3 Å². The summed E-state index contributed by atoms with van der Waals surface area (Å²) in [5.41, 5.74) is 1.81. The normalized spacial score (nSPS) is 12.7. The molecule has 2 heterocycles. The maximum absolute atomic E-state index is 12.5. The smallest absolute Gasteiger partial charge is 0.275 e. The van der Waals surface area contributed by atoms with Crippen molar-refractivity contribution in [1.82, 2.24) is 8.94 Å². The minimum atomic E-state index is -1.09. The number of nitrogens with one attached hydrogen (secondary N) is 1. The molecule has 7 heteroatoms. The van der Waals surface area contributed by atoms with Crippen LogP contribution in [-0.2, 0) is 6.42 Å². The molecule has 2 aromatic heterocycles. The first-order valence-electron chi connectivity index (χ1n) is 7.45. The van der Waals surface area contributed by atoms with Crippen LogP contribution in [0.1, 0.15) is 25.3 Å². The number of rotatable bonds is 5. The summed E-state index contributed by atoms with van der Waals surface area (Å²) in [6.07, 6.45) is 4.60. The molecule has 120 valence electrons. The maximum atomic E-state index is 12.5. The molecule has 0 amide bonds. The Balaban J connectivity index is 1.99. The standard InChI is InChI=1S/C16H17N3O3S/c1-2-3-4-11-5-7-12(8-6-11)18-16(20)14-9-13(19(21)22)10-17-15(14)23-18/h5-10,19,21H,2-4H2,1H3. The Morgan fingerprint density at radius 2 is 2.09 bits per heavy atom. The van der Waals surface area contributed by atoms with E-state index in [0.717, 1.165) is 24.9 Å². The molecule has 1 atom stereocenters. The quantitative estimate of drug-likeness (QED) is 0.702. The average molecular weight is 331 g/mol. The highest BCUT2D eigenvalue weighted by atomic mass is 32.1. The minimum absolute atomic E-state index is 0.0227. The lowest BCUT2D eigenvalue weighted by molar-refractivity contribution is -0.991. The van der Waals surface area contributed by atoms with Crippen molar-refractivity contribution in [3.63, 3.8) is 0 Å². The highest BCUT2D eigenvalue weighted by Crippen LogP contribution is 2.20. The molecular formula is C16H17N3O3S. The second-order valence-corrected chi connectivity index (χ2v) is 6.28. The van der Waals surface area contributed by atoms with E-state index < -0.39 is 5.23 Å². The first-order valence-corrected chi connectivity index (χ1v) is 8.22. The molecule has 0 fully saturated rings. The van der Waals surface area contributed by atoms with Crippen LogP contribution in [0.25, 0.3) is 15.9 Å². The Labute approximate surface area is 136 Å². The van der Waals surface area contributed by atoms with Gasteiger partial charge in [-0.25, -0.2) is 14.1 Å². The SMILES string of the molecule is CCCCc1ccc(-n2sc3ncc([NH+]([O-])O)cc3c2=O)cc1. The summed E-state index contributed by atoms with van der Waals surface area (Å²) in [7, 11) is 0. The van der Waals surface area contributed by atoms with Crippen molar-refractivity contribution in [1.29, 1.82) is 0 Å². The Hall–Kier alpha value is -2.06. The van der Waals surface area contributed by atoms with E-state index in [4.69, 9.17) is 5.21 Å². The Morgan fingerprint density at radius 1 is 1.35 bits per heavy atom. The Kier molecular flexibility index (Phi) is 4.53. The third kappa shape index (κ3) is 3.18. The summed E-state index contributed by atoms with van der Waals surface area (Å²) >= 11 is 1.22. The van der Waals surface area contributed by atoms with E-state index in [1.165, 1.54) is 29.4 Å². The molecule has 0 aliphatic heterocycles. The van der Waals surface area contributed by atoms with E-state index in [1.54, 1.807) is 3.96 Å². The number of hydrogen-bond donors (Lipinski definition) is 2. The molecule has 3 rings (SSSR count). The van der Waals surface area contributed by atoms with Gasteiger partial charge in [0.2, 0.25) is 0 Å².